The lowest BCUT2D eigenvalue weighted by Crippen LogP contribution is -2.41. The first kappa shape index (κ1) is 12.4. The lowest BCUT2D eigenvalue weighted by atomic mass is 10.0. The Morgan fingerprint density at radius 1 is 1.62 bits per heavy atom. The Morgan fingerprint density at radius 3 is 2.38 bits per heavy atom. The number of rotatable bonds is 4. The molecule has 13 heavy (non-hydrogen) atoms. The van der Waals surface area contributed by atoms with E-state index in [0.717, 1.165) is 0 Å². The van der Waals surface area contributed by atoms with E-state index in [0.29, 0.717) is 13.0 Å². The average molecular weight is 188 g/mol. The molecule has 0 fully saturated rings. The lowest BCUT2D eigenvalue weighted by Gasteiger charge is -2.24. The van der Waals surface area contributed by atoms with Gasteiger partial charge in [0, 0.05) is 25.6 Å². The van der Waals surface area contributed by atoms with E-state index in [1.165, 1.54) is 4.90 Å². The second-order valence-corrected chi connectivity index (χ2v) is 4.29. The number of nitrogens with two attached hydrogens (primary N) is 1. The van der Waals surface area contributed by atoms with Gasteiger partial charge in [-0.3, -0.25) is 4.79 Å². The fraction of sp³-hybridized carbons (Fsp3) is 0.889. The highest BCUT2D eigenvalue weighted by atomic mass is 16.3. The summed E-state index contributed by atoms with van der Waals surface area (Å²) >= 11 is 0. The monoisotopic (exact) mass is 188 g/mol. The van der Waals surface area contributed by atoms with E-state index in [4.69, 9.17) is 10.8 Å². The number of hydrogen-bond acceptors (Lipinski definition) is 3. The van der Waals surface area contributed by atoms with Crippen molar-refractivity contribution in [3.05, 3.63) is 0 Å². The molecule has 4 heteroatoms. The third kappa shape index (κ3) is 6.54. The fourth-order valence-electron chi connectivity index (χ4n) is 1.02. The molecule has 0 rings (SSSR count). The molecule has 0 heterocycles. The van der Waals surface area contributed by atoms with Gasteiger partial charge >= 0.3 is 0 Å². The summed E-state index contributed by atoms with van der Waals surface area (Å²) in [5, 5.41) is 9.04. The van der Waals surface area contributed by atoms with E-state index < -0.39 is 11.6 Å². The SMILES string of the molecule is CC(O)CN(C)C(=O)CC(C)(C)N. The average Bonchev–Trinajstić information content (AvgIpc) is 1.81. The van der Waals surface area contributed by atoms with Gasteiger partial charge in [0.15, 0.2) is 0 Å². The lowest BCUT2D eigenvalue weighted by molar-refractivity contribution is -0.132. The Kier molecular flexibility index (Phi) is 4.36. The topological polar surface area (TPSA) is 66.6 Å². The summed E-state index contributed by atoms with van der Waals surface area (Å²) in [6, 6.07) is 0. The van der Waals surface area contributed by atoms with Crippen LogP contribution in [0.5, 0.6) is 0 Å². The van der Waals surface area contributed by atoms with E-state index in [-0.39, 0.29) is 5.91 Å². The predicted octanol–water partition coefficient (Wildman–Crippen LogP) is -0.0470. The van der Waals surface area contributed by atoms with E-state index >= 15 is 0 Å². The Morgan fingerprint density at radius 2 is 2.08 bits per heavy atom. The minimum atomic E-state index is -0.491. The molecule has 1 atom stereocenters. The number of aliphatic hydroxyl groups excluding tert-OH is 1. The number of carbonyl (C=O) groups is 1. The highest BCUT2D eigenvalue weighted by Crippen LogP contribution is 2.06. The van der Waals surface area contributed by atoms with E-state index in [1.807, 2.05) is 0 Å². The van der Waals surface area contributed by atoms with Crippen molar-refractivity contribution < 1.29 is 9.90 Å². The molecule has 4 nitrogen and oxygen atoms in total. The molecule has 0 aliphatic carbocycles. The van der Waals surface area contributed by atoms with Crippen LogP contribution >= 0.6 is 0 Å². The van der Waals surface area contributed by atoms with Crippen LogP contribution < -0.4 is 5.73 Å². The highest BCUT2D eigenvalue weighted by Gasteiger charge is 2.19. The summed E-state index contributed by atoms with van der Waals surface area (Å²) in [6.07, 6.45) is -0.189. The van der Waals surface area contributed by atoms with Crippen molar-refractivity contribution in [3.63, 3.8) is 0 Å². The summed E-state index contributed by atoms with van der Waals surface area (Å²) in [6.45, 7) is 5.62. The zero-order chi connectivity index (χ0) is 10.6. The molecular weight excluding hydrogens is 168 g/mol. The van der Waals surface area contributed by atoms with Crippen LogP contribution in [0.3, 0.4) is 0 Å². The summed E-state index contributed by atoms with van der Waals surface area (Å²) in [5.74, 6) is -0.0339. The smallest absolute Gasteiger partial charge is 0.224 e. The molecule has 0 saturated carbocycles. The van der Waals surface area contributed by atoms with E-state index in [9.17, 15) is 4.79 Å². The van der Waals surface area contributed by atoms with Crippen molar-refractivity contribution in [3.8, 4) is 0 Å². The third-order valence-corrected chi connectivity index (χ3v) is 1.57. The fourth-order valence-corrected chi connectivity index (χ4v) is 1.02. The second-order valence-electron chi connectivity index (χ2n) is 4.29. The van der Waals surface area contributed by atoms with Crippen LogP contribution in [0.15, 0.2) is 0 Å². The van der Waals surface area contributed by atoms with E-state index in [1.54, 1.807) is 27.8 Å². The first-order valence-electron chi connectivity index (χ1n) is 4.43. The van der Waals surface area contributed by atoms with Gasteiger partial charge in [0.25, 0.3) is 0 Å². The summed E-state index contributed by atoms with van der Waals surface area (Å²) in [7, 11) is 1.67. The van der Waals surface area contributed by atoms with Crippen molar-refractivity contribution in [2.75, 3.05) is 13.6 Å². The molecule has 0 aromatic rings. The van der Waals surface area contributed by atoms with Gasteiger partial charge in [-0.25, -0.2) is 0 Å². The predicted molar refractivity (Wildman–Crippen MR) is 52.2 cm³/mol. The molecule has 1 amide bonds. The maximum Gasteiger partial charge on any atom is 0.224 e. The van der Waals surface area contributed by atoms with Crippen LogP contribution in [0.4, 0.5) is 0 Å². The van der Waals surface area contributed by atoms with Crippen molar-refractivity contribution >= 4 is 5.91 Å². The van der Waals surface area contributed by atoms with Crippen LogP contribution in [0.1, 0.15) is 27.2 Å². The number of likely N-dealkylation sites (N-methyl/N-ethyl adjacent to an activating group) is 1. The van der Waals surface area contributed by atoms with E-state index in [2.05, 4.69) is 0 Å². The normalized spacial score (nSPS) is 14.0. The first-order chi connectivity index (χ1) is 5.72. The minimum Gasteiger partial charge on any atom is -0.392 e. The molecule has 78 valence electrons. The summed E-state index contributed by atoms with van der Waals surface area (Å²) < 4.78 is 0. The Hall–Kier alpha value is -0.610. The Labute approximate surface area is 79.7 Å². The molecule has 0 bridgehead atoms. The molecule has 0 spiro atoms. The standard InChI is InChI=1S/C9H20N2O2/c1-7(12)6-11(4)8(13)5-9(2,3)10/h7,12H,5-6,10H2,1-4H3. The van der Waals surface area contributed by atoms with Gasteiger partial charge in [-0.15, -0.1) is 0 Å². The molecule has 0 radical (unpaired) electrons. The zero-order valence-corrected chi connectivity index (χ0v) is 8.87. The summed E-state index contributed by atoms with van der Waals surface area (Å²) in [4.78, 5) is 12.9. The number of hydrogen-bond donors (Lipinski definition) is 2. The van der Waals surface area contributed by atoms with Crippen molar-refractivity contribution in [2.24, 2.45) is 5.73 Å². The maximum atomic E-state index is 11.4. The molecule has 0 saturated heterocycles. The maximum absolute atomic E-state index is 11.4. The van der Waals surface area contributed by atoms with Gasteiger partial charge in [0.1, 0.15) is 0 Å². The van der Waals surface area contributed by atoms with Crippen molar-refractivity contribution in [1.29, 1.82) is 0 Å². The van der Waals surface area contributed by atoms with Gasteiger partial charge in [-0.05, 0) is 20.8 Å². The van der Waals surface area contributed by atoms with Gasteiger partial charge in [-0.1, -0.05) is 0 Å². The molecule has 0 aromatic carbocycles. The molecule has 3 N–H and O–H groups in total. The molecule has 0 aromatic heterocycles. The summed E-state index contributed by atoms with van der Waals surface area (Å²) in [5.41, 5.74) is 5.21. The Balaban J connectivity index is 3.97. The van der Waals surface area contributed by atoms with Crippen LogP contribution in [-0.4, -0.2) is 41.1 Å². The minimum absolute atomic E-state index is 0.0339. The highest BCUT2D eigenvalue weighted by molar-refractivity contribution is 5.77. The largest absolute Gasteiger partial charge is 0.392 e. The number of nitrogens with zero attached hydrogens (tertiary/aromatic N) is 1. The first-order valence-corrected chi connectivity index (χ1v) is 4.43. The van der Waals surface area contributed by atoms with Gasteiger partial charge in [0.2, 0.25) is 5.91 Å². The van der Waals surface area contributed by atoms with Crippen LogP contribution in [0, 0.1) is 0 Å². The molecule has 0 aliphatic rings. The van der Waals surface area contributed by atoms with Gasteiger partial charge < -0.3 is 15.7 Å². The van der Waals surface area contributed by atoms with Crippen molar-refractivity contribution in [2.45, 2.75) is 38.8 Å². The Bertz CT molecular complexity index is 173. The van der Waals surface area contributed by atoms with Crippen LogP contribution in [-0.2, 0) is 4.79 Å². The quantitative estimate of drug-likeness (QED) is 0.650. The molecule has 0 aliphatic heterocycles. The van der Waals surface area contributed by atoms with Gasteiger partial charge in [0.05, 0.1) is 6.10 Å². The number of amides is 1. The van der Waals surface area contributed by atoms with Crippen LogP contribution in [0.25, 0.3) is 0 Å². The van der Waals surface area contributed by atoms with Crippen molar-refractivity contribution in [1.82, 2.24) is 4.90 Å². The number of aliphatic hydroxyl groups is 1. The number of carbonyl (C=O) groups excluding carboxylic acids is 1. The van der Waals surface area contributed by atoms with Crippen LogP contribution in [0.2, 0.25) is 0 Å². The molecular formula is C9H20N2O2. The second kappa shape index (κ2) is 4.58. The van der Waals surface area contributed by atoms with Gasteiger partial charge in [-0.2, -0.15) is 0 Å². The zero-order valence-electron chi connectivity index (χ0n) is 8.87. The third-order valence-electron chi connectivity index (χ3n) is 1.57. The molecule has 1 unspecified atom stereocenters.